The Morgan fingerprint density at radius 3 is 2.71 bits per heavy atom. The summed E-state index contributed by atoms with van der Waals surface area (Å²) in [4.78, 5) is 1.31. The summed E-state index contributed by atoms with van der Waals surface area (Å²) in [6, 6.07) is 8.74. The number of thioether (sulfide) groups is 1. The van der Waals surface area contributed by atoms with Gasteiger partial charge < -0.3 is 5.73 Å². The van der Waals surface area contributed by atoms with Gasteiger partial charge in [0.25, 0.3) is 0 Å². The second-order valence-electron chi connectivity index (χ2n) is 3.68. The van der Waals surface area contributed by atoms with Gasteiger partial charge in [0.2, 0.25) is 0 Å². The van der Waals surface area contributed by atoms with Crippen LogP contribution in [0.4, 0.5) is 0 Å². The Morgan fingerprint density at radius 1 is 1.29 bits per heavy atom. The second kappa shape index (κ2) is 4.69. The highest BCUT2D eigenvalue weighted by Gasteiger charge is 2.25. The molecule has 1 aliphatic carbocycles. The summed E-state index contributed by atoms with van der Waals surface area (Å²) in [6.07, 6.45) is 3.72. The Bertz CT molecular complexity index is 316. The van der Waals surface area contributed by atoms with Crippen LogP contribution in [0.15, 0.2) is 33.6 Å². The van der Waals surface area contributed by atoms with E-state index in [1.54, 1.807) is 0 Å². The molecule has 0 heterocycles. The normalized spacial score (nSPS) is 26.7. The van der Waals surface area contributed by atoms with E-state index in [1.807, 2.05) is 17.8 Å². The Morgan fingerprint density at radius 2 is 2.07 bits per heavy atom. The molecule has 0 amide bonds. The number of benzene rings is 1. The minimum atomic E-state index is 0.382. The molecule has 0 saturated heterocycles. The summed E-state index contributed by atoms with van der Waals surface area (Å²) < 4.78 is 1.18. The van der Waals surface area contributed by atoms with Gasteiger partial charge in [-0.15, -0.1) is 11.8 Å². The predicted octanol–water partition coefficient (Wildman–Crippen LogP) is 3.42. The number of rotatable bonds is 2. The molecule has 3 heteroatoms. The van der Waals surface area contributed by atoms with E-state index >= 15 is 0 Å². The highest BCUT2D eigenvalue weighted by molar-refractivity contribution is 9.10. The van der Waals surface area contributed by atoms with Crippen molar-refractivity contribution in [1.82, 2.24) is 0 Å². The quantitative estimate of drug-likeness (QED) is 0.892. The lowest BCUT2D eigenvalue weighted by Crippen LogP contribution is -2.26. The molecule has 1 saturated carbocycles. The van der Waals surface area contributed by atoms with Gasteiger partial charge in [0.1, 0.15) is 0 Å². The molecule has 2 N–H and O–H groups in total. The number of hydrogen-bond donors (Lipinski definition) is 1. The molecule has 14 heavy (non-hydrogen) atoms. The van der Waals surface area contributed by atoms with E-state index < -0.39 is 0 Å². The fraction of sp³-hybridized carbons (Fsp3) is 0.455. The highest BCUT2D eigenvalue weighted by Crippen LogP contribution is 2.37. The topological polar surface area (TPSA) is 26.0 Å². The Balaban J connectivity index is 2.07. The van der Waals surface area contributed by atoms with Crippen molar-refractivity contribution in [2.75, 3.05) is 0 Å². The van der Waals surface area contributed by atoms with Crippen LogP contribution < -0.4 is 5.73 Å². The Kier molecular flexibility index (Phi) is 3.52. The molecule has 1 aliphatic rings. The fourth-order valence-electron chi connectivity index (χ4n) is 1.80. The van der Waals surface area contributed by atoms with Gasteiger partial charge in [-0.25, -0.2) is 0 Å². The first-order chi connectivity index (χ1) is 6.77. The molecular formula is C11H14BrNS. The van der Waals surface area contributed by atoms with Gasteiger partial charge >= 0.3 is 0 Å². The first-order valence-corrected chi connectivity index (χ1v) is 6.61. The molecule has 2 atom stereocenters. The summed E-state index contributed by atoms with van der Waals surface area (Å²) in [5.41, 5.74) is 6.04. The molecule has 1 nitrogen and oxygen atoms in total. The fourth-order valence-corrected chi connectivity index (χ4v) is 3.63. The monoisotopic (exact) mass is 271 g/mol. The van der Waals surface area contributed by atoms with Crippen LogP contribution in [0.25, 0.3) is 0 Å². The summed E-state index contributed by atoms with van der Waals surface area (Å²) in [7, 11) is 0. The highest BCUT2D eigenvalue weighted by atomic mass is 79.9. The van der Waals surface area contributed by atoms with Crippen LogP contribution in [-0.2, 0) is 0 Å². The van der Waals surface area contributed by atoms with E-state index in [9.17, 15) is 0 Å². The first kappa shape index (κ1) is 10.5. The largest absolute Gasteiger partial charge is 0.327 e. The third kappa shape index (κ3) is 2.33. The van der Waals surface area contributed by atoms with Crippen molar-refractivity contribution in [2.45, 2.75) is 35.4 Å². The summed E-state index contributed by atoms with van der Waals surface area (Å²) in [6.45, 7) is 0. The summed E-state index contributed by atoms with van der Waals surface area (Å²) in [5, 5.41) is 0.605. The van der Waals surface area contributed by atoms with E-state index in [1.165, 1.54) is 28.6 Å². The molecule has 1 fully saturated rings. The van der Waals surface area contributed by atoms with Gasteiger partial charge in [0.05, 0.1) is 0 Å². The molecule has 1 aromatic rings. The lowest BCUT2D eigenvalue weighted by Gasteiger charge is -2.15. The van der Waals surface area contributed by atoms with Crippen LogP contribution in [0.3, 0.4) is 0 Å². The van der Waals surface area contributed by atoms with Crippen LogP contribution in [0, 0.1) is 0 Å². The zero-order chi connectivity index (χ0) is 9.97. The average Bonchev–Trinajstić information content (AvgIpc) is 2.56. The lowest BCUT2D eigenvalue weighted by molar-refractivity contribution is 0.716. The molecule has 0 aromatic heterocycles. The van der Waals surface area contributed by atoms with Gasteiger partial charge in [-0.2, -0.15) is 0 Å². The Labute approximate surface area is 97.6 Å². The van der Waals surface area contributed by atoms with Crippen molar-refractivity contribution in [3.05, 3.63) is 28.7 Å². The second-order valence-corrected chi connectivity index (χ2v) is 5.82. The minimum absolute atomic E-state index is 0.382. The van der Waals surface area contributed by atoms with E-state index in [4.69, 9.17) is 5.73 Å². The molecule has 2 unspecified atom stereocenters. The summed E-state index contributed by atoms with van der Waals surface area (Å²) >= 11 is 5.48. The standard InChI is InChI=1S/C11H14BrNS/c12-8-4-1-2-6-10(8)14-11-7-3-5-9(11)13/h1-2,4,6,9,11H,3,5,7,13H2. The van der Waals surface area contributed by atoms with E-state index in [0.717, 1.165) is 0 Å². The van der Waals surface area contributed by atoms with Crippen molar-refractivity contribution < 1.29 is 0 Å². The first-order valence-electron chi connectivity index (χ1n) is 4.94. The molecule has 0 bridgehead atoms. The number of nitrogens with two attached hydrogens (primary N) is 1. The predicted molar refractivity (Wildman–Crippen MR) is 65.6 cm³/mol. The van der Waals surface area contributed by atoms with Gasteiger partial charge in [-0.1, -0.05) is 18.6 Å². The molecule has 1 aromatic carbocycles. The van der Waals surface area contributed by atoms with Crippen molar-refractivity contribution >= 4 is 27.7 Å². The van der Waals surface area contributed by atoms with Crippen molar-refractivity contribution in [3.63, 3.8) is 0 Å². The van der Waals surface area contributed by atoms with Crippen LogP contribution in [0.2, 0.25) is 0 Å². The number of halogens is 1. The average molecular weight is 272 g/mol. The molecular weight excluding hydrogens is 258 g/mol. The van der Waals surface area contributed by atoms with Crippen molar-refractivity contribution in [3.8, 4) is 0 Å². The van der Waals surface area contributed by atoms with E-state index in [0.29, 0.717) is 11.3 Å². The van der Waals surface area contributed by atoms with E-state index in [-0.39, 0.29) is 0 Å². The molecule has 76 valence electrons. The van der Waals surface area contributed by atoms with Crippen molar-refractivity contribution in [1.29, 1.82) is 0 Å². The maximum absolute atomic E-state index is 6.04. The maximum Gasteiger partial charge on any atom is 0.0311 e. The third-order valence-corrected chi connectivity index (χ3v) is 5.07. The number of hydrogen-bond acceptors (Lipinski definition) is 2. The third-order valence-electron chi connectivity index (χ3n) is 2.62. The zero-order valence-corrected chi connectivity index (χ0v) is 10.4. The lowest BCUT2D eigenvalue weighted by atomic mass is 10.3. The smallest absolute Gasteiger partial charge is 0.0311 e. The molecule has 0 spiro atoms. The molecule has 0 radical (unpaired) electrons. The molecule has 0 aliphatic heterocycles. The van der Waals surface area contributed by atoms with Crippen molar-refractivity contribution in [2.24, 2.45) is 5.73 Å². The van der Waals surface area contributed by atoms with Gasteiger partial charge in [-0.05, 0) is 40.9 Å². The van der Waals surface area contributed by atoms with Crippen LogP contribution >= 0.6 is 27.7 Å². The van der Waals surface area contributed by atoms with Crippen LogP contribution in [0.5, 0.6) is 0 Å². The molecule has 2 rings (SSSR count). The van der Waals surface area contributed by atoms with E-state index in [2.05, 4.69) is 34.1 Å². The SMILES string of the molecule is NC1CCCC1Sc1ccccc1Br. The Hall–Kier alpha value is 0.01000. The van der Waals surface area contributed by atoms with Gasteiger partial charge in [0, 0.05) is 20.7 Å². The maximum atomic E-state index is 6.04. The summed E-state index contributed by atoms with van der Waals surface area (Å²) in [5.74, 6) is 0. The zero-order valence-electron chi connectivity index (χ0n) is 7.95. The van der Waals surface area contributed by atoms with Crippen LogP contribution in [-0.4, -0.2) is 11.3 Å². The minimum Gasteiger partial charge on any atom is -0.327 e. The van der Waals surface area contributed by atoms with Gasteiger partial charge in [0.15, 0.2) is 0 Å². The van der Waals surface area contributed by atoms with Crippen LogP contribution in [0.1, 0.15) is 19.3 Å². The van der Waals surface area contributed by atoms with Gasteiger partial charge in [-0.3, -0.25) is 0 Å².